The second-order valence-corrected chi connectivity index (χ2v) is 4.65. The van der Waals surface area contributed by atoms with E-state index in [2.05, 4.69) is 19.0 Å². The van der Waals surface area contributed by atoms with Crippen molar-refractivity contribution in [3.8, 4) is 0 Å². The van der Waals surface area contributed by atoms with Crippen LogP contribution in [0.15, 0.2) is 35.5 Å². The van der Waals surface area contributed by atoms with Crippen LogP contribution in [0.4, 0.5) is 0 Å². The molecule has 0 aromatic heterocycles. The monoisotopic (exact) mass is 235 g/mol. The molecule has 1 aromatic carbocycles. The summed E-state index contributed by atoms with van der Waals surface area (Å²) in [5.41, 5.74) is 1.81. The number of nitrogens with zero attached hydrogens (tertiary/aromatic N) is 1. The highest BCUT2D eigenvalue weighted by Crippen LogP contribution is 2.12. The molecule has 3 nitrogen and oxygen atoms in total. The second-order valence-electron chi connectivity index (χ2n) is 4.65. The minimum absolute atomic E-state index is 0.194. The third-order valence-corrected chi connectivity index (χ3v) is 2.34. The highest BCUT2D eigenvalue weighted by molar-refractivity contribution is 5.81. The van der Waals surface area contributed by atoms with Gasteiger partial charge in [-0.15, -0.1) is 0 Å². The third kappa shape index (κ3) is 5.50. The molecule has 0 spiro atoms. The van der Waals surface area contributed by atoms with Crippen molar-refractivity contribution in [3.05, 3.63) is 35.9 Å². The largest absolute Gasteiger partial charge is 0.393 e. The summed E-state index contributed by atoms with van der Waals surface area (Å²) in [6.45, 7) is 6.41. The van der Waals surface area contributed by atoms with Gasteiger partial charge in [0, 0.05) is 0 Å². The molecule has 0 amide bonds. The van der Waals surface area contributed by atoms with Crippen LogP contribution in [0.5, 0.6) is 0 Å². The van der Waals surface area contributed by atoms with Crippen molar-refractivity contribution in [2.75, 3.05) is 6.61 Å². The van der Waals surface area contributed by atoms with E-state index in [9.17, 15) is 5.11 Å². The minimum atomic E-state index is -0.619. The van der Waals surface area contributed by atoms with Crippen molar-refractivity contribution >= 4 is 5.71 Å². The van der Waals surface area contributed by atoms with E-state index in [0.717, 1.165) is 17.7 Å². The Kier molecular flexibility index (Phi) is 5.70. The number of benzene rings is 1. The van der Waals surface area contributed by atoms with Gasteiger partial charge in [-0.1, -0.05) is 49.3 Å². The van der Waals surface area contributed by atoms with Crippen molar-refractivity contribution in [2.24, 2.45) is 11.1 Å². The first-order valence-corrected chi connectivity index (χ1v) is 5.98. The topological polar surface area (TPSA) is 41.8 Å². The quantitative estimate of drug-likeness (QED) is 0.608. The molecule has 0 saturated heterocycles. The Bertz CT molecular complexity index is 346. The Morgan fingerprint density at radius 3 is 2.53 bits per heavy atom. The maximum atomic E-state index is 9.82. The third-order valence-electron chi connectivity index (χ3n) is 2.34. The van der Waals surface area contributed by atoms with Crippen LogP contribution in [0.3, 0.4) is 0 Å². The van der Waals surface area contributed by atoms with Gasteiger partial charge in [0.15, 0.2) is 0 Å². The summed E-state index contributed by atoms with van der Waals surface area (Å²) < 4.78 is 0. The first-order valence-electron chi connectivity index (χ1n) is 5.98. The maximum Gasteiger partial charge on any atom is 0.147 e. The van der Waals surface area contributed by atoms with E-state index in [1.807, 2.05) is 37.3 Å². The minimum Gasteiger partial charge on any atom is -0.393 e. The van der Waals surface area contributed by atoms with Crippen LogP contribution in [0, 0.1) is 5.92 Å². The van der Waals surface area contributed by atoms with Crippen LogP contribution in [-0.4, -0.2) is 17.4 Å². The molecule has 0 heterocycles. The van der Waals surface area contributed by atoms with E-state index in [0.29, 0.717) is 5.92 Å². The van der Waals surface area contributed by atoms with E-state index in [1.165, 1.54) is 0 Å². The van der Waals surface area contributed by atoms with Crippen LogP contribution in [0.2, 0.25) is 0 Å². The zero-order valence-electron chi connectivity index (χ0n) is 10.8. The predicted molar refractivity (Wildman–Crippen MR) is 69.9 cm³/mol. The Morgan fingerprint density at radius 2 is 1.94 bits per heavy atom. The predicted octanol–water partition coefficient (Wildman–Crippen LogP) is 3.16. The molecular formula is C14H21NO2. The number of oxime groups is 1. The fourth-order valence-corrected chi connectivity index (χ4v) is 1.62. The van der Waals surface area contributed by atoms with Crippen LogP contribution in [0.1, 0.15) is 38.9 Å². The summed E-state index contributed by atoms with van der Waals surface area (Å²) in [5, 5.41) is 13.8. The molecule has 0 aliphatic carbocycles. The molecule has 1 atom stereocenters. The van der Waals surface area contributed by atoms with Crippen LogP contribution >= 0.6 is 0 Å². The van der Waals surface area contributed by atoms with Crippen molar-refractivity contribution in [3.63, 3.8) is 0 Å². The molecule has 0 saturated carbocycles. The van der Waals surface area contributed by atoms with Crippen LogP contribution < -0.4 is 0 Å². The zero-order valence-corrected chi connectivity index (χ0v) is 10.8. The molecule has 1 aromatic rings. The van der Waals surface area contributed by atoms with Gasteiger partial charge in [-0.25, -0.2) is 0 Å². The molecule has 0 aliphatic heterocycles. The SMILES string of the molecule is C/C(CC(C)C)=N/OC[C@H](O)c1ccccc1. The highest BCUT2D eigenvalue weighted by Gasteiger charge is 2.07. The molecule has 0 bridgehead atoms. The molecule has 0 fully saturated rings. The average Bonchev–Trinajstić information content (AvgIpc) is 2.29. The van der Waals surface area contributed by atoms with Crippen molar-refractivity contribution in [1.82, 2.24) is 0 Å². The Morgan fingerprint density at radius 1 is 1.29 bits per heavy atom. The Balaban J connectivity index is 2.36. The fourth-order valence-electron chi connectivity index (χ4n) is 1.62. The normalized spacial score (nSPS) is 13.8. The standard InChI is InChI=1S/C14H21NO2/c1-11(2)9-12(3)15-17-10-14(16)13-7-5-4-6-8-13/h4-8,11,14,16H,9-10H2,1-3H3/b15-12-/t14-/m0/s1. The summed E-state index contributed by atoms with van der Waals surface area (Å²) in [7, 11) is 0. The van der Waals surface area contributed by atoms with E-state index >= 15 is 0 Å². The zero-order chi connectivity index (χ0) is 12.7. The molecule has 1 N–H and O–H groups in total. The number of aliphatic hydroxyl groups is 1. The lowest BCUT2D eigenvalue weighted by Crippen LogP contribution is -2.06. The Labute approximate surface area is 103 Å². The summed E-state index contributed by atoms with van der Waals surface area (Å²) in [5.74, 6) is 0.571. The van der Waals surface area contributed by atoms with Gasteiger partial charge in [-0.3, -0.25) is 0 Å². The highest BCUT2D eigenvalue weighted by atomic mass is 16.6. The van der Waals surface area contributed by atoms with Crippen LogP contribution in [-0.2, 0) is 4.84 Å². The molecule has 0 unspecified atom stereocenters. The average molecular weight is 235 g/mol. The first-order chi connectivity index (χ1) is 8.09. The molecular weight excluding hydrogens is 214 g/mol. The molecule has 0 radical (unpaired) electrons. The molecule has 1 rings (SSSR count). The van der Waals surface area contributed by atoms with E-state index < -0.39 is 6.10 Å². The van der Waals surface area contributed by atoms with Gasteiger partial charge >= 0.3 is 0 Å². The summed E-state index contributed by atoms with van der Waals surface area (Å²) in [6.07, 6.45) is 0.299. The number of hydrogen-bond donors (Lipinski definition) is 1. The smallest absolute Gasteiger partial charge is 0.147 e. The van der Waals surface area contributed by atoms with Gasteiger partial charge in [-0.05, 0) is 24.8 Å². The molecule has 17 heavy (non-hydrogen) atoms. The number of aliphatic hydroxyl groups excluding tert-OH is 1. The van der Waals surface area contributed by atoms with E-state index in [4.69, 9.17) is 4.84 Å². The van der Waals surface area contributed by atoms with Gasteiger partial charge in [0.2, 0.25) is 0 Å². The first kappa shape index (κ1) is 13.7. The number of hydrogen-bond acceptors (Lipinski definition) is 3. The molecule has 0 aliphatic rings. The molecule has 94 valence electrons. The lowest BCUT2D eigenvalue weighted by atomic mass is 10.1. The van der Waals surface area contributed by atoms with Crippen molar-refractivity contribution < 1.29 is 9.94 Å². The van der Waals surface area contributed by atoms with E-state index in [1.54, 1.807) is 0 Å². The van der Waals surface area contributed by atoms with Gasteiger partial charge in [-0.2, -0.15) is 0 Å². The van der Waals surface area contributed by atoms with Crippen molar-refractivity contribution in [1.29, 1.82) is 0 Å². The molecule has 3 heteroatoms. The summed E-state index contributed by atoms with van der Waals surface area (Å²) >= 11 is 0. The van der Waals surface area contributed by atoms with Crippen molar-refractivity contribution in [2.45, 2.75) is 33.3 Å². The van der Waals surface area contributed by atoms with Gasteiger partial charge in [0.1, 0.15) is 12.7 Å². The second kappa shape index (κ2) is 7.07. The van der Waals surface area contributed by atoms with Gasteiger partial charge in [0.25, 0.3) is 0 Å². The lowest BCUT2D eigenvalue weighted by Gasteiger charge is -2.10. The Hall–Kier alpha value is -1.35. The maximum absolute atomic E-state index is 9.82. The van der Waals surface area contributed by atoms with Crippen LogP contribution in [0.25, 0.3) is 0 Å². The van der Waals surface area contributed by atoms with Gasteiger partial charge < -0.3 is 9.94 Å². The van der Waals surface area contributed by atoms with E-state index in [-0.39, 0.29) is 6.61 Å². The summed E-state index contributed by atoms with van der Waals surface area (Å²) in [4.78, 5) is 5.15. The van der Waals surface area contributed by atoms with Gasteiger partial charge in [0.05, 0.1) is 5.71 Å². The lowest BCUT2D eigenvalue weighted by molar-refractivity contribution is 0.0390. The number of rotatable bonds is 6. The fraction of sp³-hybridized carbons (Fsp3) is 0.500. The summed E-state index contributed by atoms with van der Waals surface area (Å²) in [6, 6.07) is 9.46.